The molecule has 1 N–H and O–H groups in total. The Bertz CT molecular complexity index is 438. The highest BCUT2D eigenvalue weighted by Gasteiger charge is 2.00. The molecule has 2 aromatic rings. The van der Waals surface area contributed by atoms with Crippen LogP contribution in [0.5, 0.6) is 5.75 Å². The Hall–Kier alpha value is -1.62. The topological polar surface area (TPSA) is 47.0 Å². The van der Waals surface area contributed by atoms with Crippen molar-refractivity contribution in [3.05, 3.63) is 29.3 Å². The quantitative estimate of drug-likeness (QED) is 0.865. The van der Waals surface area contributed by atoms with Gasteiger partial charge in [0, 0.05) is 5.69 Å². The first-order valence-electron chi connectivity index (χ1n) is 4.49. The second kappa shape index (κ2) is 4.27. The number of aromatic nitrogens is 2. The fourth-order valence-electron chi connectivity index (χ4n) is 1.14. The molecule has 0 bridgehead atoms. The highest BCUT2D eigenvalue weighted by Crippen LogP contribution is 2.21. The summed E-state index contributed by atoms with van der Waals surface area (Å²) in [6.07, 6.45) is 0. The number of aryl methyl sites for hydroxylation is 1. The second-order valence-corrected chi connectivity index (χ2v) is 4.16. The molecule has 0 spiro atoms. The van der Waals surface area contributed by atoms with Gasteiger partial charge in [0.15, 0.2) is 0 Å². The molecule has 0 atom stereocenters. The van der Waals surface area contributed by atoms with Gasteiger partial charge in [-0.2, -0.15) is 0 Å². The van der Waals surface area contributed by atoms with Crippen LogP contribution in [0.2, 0.25) is 0 Å². The largest absolute Gasteiger partial charge is 0.497 e. The molecule has 1 aromatic carbocycles. The van der Waals surface area contributed by atoms with Gasteiger partial charge >= 0.3 is 0 Å². The zero-order valence-corrected chi connectivity index (χ0v) is 9.34. The first-order valence-corrected chi connectivity index (χ1v) is 5.31. The Labute approximate surface area is 91.9 Å². The standard InChI is InChI=1S/C10H11N3OS/c1-7-12-13-10(15-7)11-8-3-5-9(14-2)6-4-8/h3-6H,1-2H3,(H,11,13). The van der Waals surface area contributed by atoms with Crippen LogP contribution in [0.1, 0.15) is 5.01 Å². The van der Waals surface area contributed by atoms with E-state index in [0.717, 1.165) is 21.6 Å². The third kappa shape index (κ3) is 2.44. The maximum absolute atomic E-state index is 5.07. The van der Waals surface area contributed by atoms with Gasteiger partial charge in [0.2, 0.25) is 5.13 Å². The molecule has 0 radical (unpaired) electrons. The summed E-state index contributed by atoms with van der Waals surface area (Å²) >= 11 is 1.53. The van der Waals surface area contributed by atoms with Crippen LogP contribution in [0, 0.1) is 6.92 Å². The average Bonchev–Trinajstić information content (AvgIpc) is 2.65. The first kappa shape index (κ1) is 9.92. The van der Waals surface area contributed by atoms with Gasteiger partial charge in [0.25, 0.3) is 0 Å². The molecule has 0 aliphatic rings. The summed E-state index contributed by atoms with van der Waals surface area (Å²) in [5.74, 6) is 0.842. The normalized spacial score (nSPS) is 10.0. The van der Waals surface area contributed by atoms with Crippen LogP contribution in [0.25, 0.3) is 0 Å². The van der Waals surface area contributed by atoms with Gasteiger partial charge in [0.1, 0.15) is 10.8 Å². The Kier molecular flexibility index (Phi) is 2.82. The second-order valence-electron chi connectivity index (χ2n) is 2.98. The molecule has 0 aliphatic heterocycles. The van der Waals surface area contributed by atoms with Crippen LogP contribution in [0.4, 0.5) is 10.8 Å². The molecule has 15 heavy (non-hydrogen) atoms. The van der Waals surface area contributed by atoms with E-state index in [4.69, 9.17) is 4.74 Å². The smallest absolute Gasteiger partial charge is 0.210 e. The van der Waals surface area contributed by atoms with E-state index in [0.29, 0.717) is 0 Å². The molecule has 2 rings (SSSR count). The van der Waals surface area contributed by atoms with Crippen molar-refractivity contribution in [2.24, 2.45) is 0 Å². The SMILES string of the molecule is COc1ccc(Nc2nnc(C)s2)cc1. The fourth-order valence-corrected chi connectivity index (χ4v) is 1.76. The van der Waals surface area contributed by atoms with Crippen LogP contribution >= 0.6 is 11.3 Å². The number of nitrogens with one attached hydrogen (secondary N) is 1. The molecular formula is C10H11N3OS. The van der Waals surface area contributed by atoms with E-state index in [1.54, 1.807) is 7.11 Å². The summed E-state index contributed by atoms with van der Waals surface area (Å²) < 4.78 is 5.07. The van der Waals surface area contributed by atoms with Gasteiger partial charge in [-0.05, 0) is 31.2 Å². The van der Waals surface area contributed by atoms with Gasteiger partial charge in [-0.3, -0.25) is 0 Å². The van der Waals surface area contributed by atoms with Crippen molar-refractivity contribution < 1.29 is 4.74 Å². The van der Waals surface area contributed by atoms with Gasteiger partial charge in [-0.15, -0.1) is 10.2 Å². The molecule has 0 aliphatic carbocycles. The van der Waals surface area contributed by atoms with Crippen LogP contribution in [0.3, 0.4) is 0 Å². The van der Waals surface area contributed by atoms with Crippen LogP contribution in [-0.4, -0.2) is 17.3 Å². The maximum atomic E-state index is 5.07. The van der Waals surface area contributed by atoms with Gasteiger partial charge in [-0.1, -0.05) is 11.3 Å². The molecule has 0 saturated carbocycles. The lowest BCUT2D eigenvalue weighted by Crippen LogP contribution is -1.89. The van der Waals surface area contributed by atoms with Crippen LogP contribution in [0.15, 0.2) is 24.3 Å². The molecule has 1 aromatic heterocycles. The van der Waals surface area contributed by atoms with Crippen molar-refractivity contribution in [2.75, 3.05) is 12.4 Å². The molecule has 0 saturated heterocycles. The van der Waals surface area contributed by atoms with Gasteiger partial charge < -0.3 is 10.1 Å². The van der Waals surface area contributed by atoms with E-state index in [1.807, 2.05) is 31.2 Å². The highest BCUT2D eigenvalue weighted by molar-refractivity contribution is 7.15. The summed E-state index contributed by atoms with van der Waals surface area (Å²) in [6.45, 7) is 1.93. The van der Waals surface area contributed by atoms with Crippen LogP contribution in [-0.2, 0) is 0 Å². The molecule has 78 valence electrons. The first-order chi connectivity index (χ1) is 7.28. The summed E-state index contributed by atoms with van der Waals surface area (Å²) in [5.41, 5.74) is 0.979. The van der Waals surface area contributed by atoms with Crippen molar-refractivity contribution >= 4 is 22.2 Å². The Morgan fingerprint density at radius 2 is 1.93 bits per heavy atom. The van der Waals surface area contributed by atoms with E-state index in [2.05, 4.69) is 15.5 Å². The van der Waals surface area contributed by atoms with E-state index < -0.39 is 0 Å². The summed E-state index contributed by atoms with van der Waals surface area (Å²) in [6, 6.07) is 7.68. The molecule has 0 unspecified atom stereocenters. The van der Waals surface area contributed by atoms with Gasteiger partial charge in [0.05, 0.1) is 7.11 Å². The van der Waals surface area contributed by atoms with Crippen molar-refractivity contribution in [3.63, 3.8) is 0 Å². The van der Waals surface area contributed by atoms with Gasteiger partial charge in [-0.25, -0.2) is 0 Å². The number of ether oxygens (including phenoxy) is 1. The number of nitrogens with zero attached hydrogens (tertiary/aromatic N) is 2. The van der Waals surface area contributed by atoms with Crippen LogP contribution < -0.4 is 10.1 Å². The minimum absolute atomic E-state index is 0.803. The third-order valence-corrected chi connectivity index (χ3v) is 2.62. The molecule has 4 nitrogen and oxygen atoms in total. The summed E-state index contributed by atoms with van der Waals surface area (Å²) in [5, 5.41) is 12.8. The lowest BCUT2D eigenvalue weighted by Gasteiger charge is -2.03. The highest BCUT2D eigenvalue weighted by atomic mass is 32.1. The average molecular weight is 221 g/mol. The minimum atomic E-state index is 0.803. The Balaban J connectivity index is 2.11. The predicted molar refractivity (Wildman–Crippen MR) is 60.9 cm³/mol. The number of hydrogen-bond donors (Lipinski definition) is 1. The molecular weight excluding hydrogens is 210 g/mol. The minimum Gasteiger partial charge on any atom is -0.497 e. The monoisotopic (exact) mass is 221 g/mol. The van der Waals surface area contributed by atoms with E-state index in [-0.39, 0.29) is 0 Å². The zero-order chi connectivity index (χ0) is 10.7. The number of methoxy groups -OCH3 is 1. The fraction of sp³-hybridized carbons (Fsp3) is 0.200. The molecule has 1 heterocycles. The molecule has 0 amide bonds. The van der Waals surface area contributed by atoms with Crippen molar-refractivity contribution in [2.45, 2.75) is 6.92 Å². The zero-order valence-electron chi connectivity index (χ0n) is 8.52. The van der Waals surface area contributed by atoms with Crippen molar-refractivity contribution in [1.29, 1.82) is 0 Å². The van der Waals surface area contributed by atoms with E-state index in [1.165, 1.54) is 11.3 Å². The Morgan fingerprint density at radius 1 is 1.20 bits per heavy atom. The van der Waals surface area contributed by atoms with Crippen molar-refractivity contribution in [1.82, 2.24) is 10.2 Å². The van der Waals surface area contributed by atoms with E-state index >= 15 is 0 Å². The lowest BCUT2D eigenvalue weighted by molar-refractivity contribution is 0.415. The third-order valence-electron chi connectivity index (χ3n) is 1.87. The Morgan fingerprint density at radius 3 is 2.47 bits per heavy atom. The number of hydrogen-bond acceptors (Lipinski definition) is 5. The number of benzene rings is 1. The molecule has 0 fully saturated rings. The van der Waals surface area contributed by atoms with E-state index in [9.17, 15) is 0 Å². The predicted octanol–water partition coefficient (Wildman–Crippen LogP) is 2.60. The van der Waals surface area contributed by atoms with Crippen molar-refractivity contribution in [3.8, 4) is 5.75 Å². The molecule has 5 heteroatoms. The number of rotatable bonds is 3. The summed E-state index contributed by atoms with van der Waals surface area (Å²) in [4.78, 5) is 0. The lowest BCUT2D eigenvalue weighted by atomic mass is 10.3. The number of anilines is 2. The maximum Gasteiger partial charge on any atom is 0.210 e. The summed E-state index contributed by atoms with van der Waals surface area (Å²) in [7, 11) is 1.65.